The van der Waals surface area contributed by atoms with E-state index in [1.54, 1.807) is 30.3 Å². The van der Waals surface area contributed by atoms with E-state index in [9.17, 15) is 13.2 Å². The van der Waals surface area contributed by atoms with Gasteiger partial charge in [-0.2, -0.15) is 0 Å². The second-order valence-corrected chi connectivity index (χ2v) is 7.80. The summed E-state index contributed by atoms with van der Waals surface area (Å²) < 4.78 is 29.4. The summed E-state index contributed by atoms with van der Waals surface area (Å²) in [5.74, 6) is -0.355. The quantitative estimate of drug-likeness (QED) is 0.792. The normalized spacial score (nSPS) is 11.1. The highest BCUT2D eigenvalue weighted by Gasteiger charge is 2.14. The molecule has 24 heavy (non-hydrogen) atoms. The van der Waals surface area contributed by atoms with Crippen LogP contribution in [0.1, 0.15) is 0 Å². The maximum atomic E-state index is 12.1. The minimum absolute atomic E-state index is 0.0112. The van der Waals surface area contributed by atoms with Gasteiger partial charge < -0.3 is 10.1 Å². The third-order valence-electron chi connectivity index (χ3n) is 3.05. The third kappa shape index (κ3) is 5.40. The fourth-order valence-corrected chi connectivity index (χ4v) is 3.37. The van der Waals surface area contributed by atoms with E-state index in [0.717, 1.165) is 0 Å². The number of rotatable bonds is 7. The predicted molar refractivity (Wildman–Crippen MR) is 93.5 cm³/mol. The van der Waals surface area contributed by atoms with Crippen molar-refractivity contribution < 1.29 is 17.9 Å². The maximum absolute atomic E-state index is 12.1. The molecule has 8 heteroatoms. The second kappa shape index (κ2) is 8.37. The maximum Gasteiger partial charge on any atom is 0.257 e. The highest BCUT2D eigenvalue weighted by molar-refractivity contribution is 7.91. The molecule has 0 aliphatic heterocycles. The molecule has 5 nitrogen and oxygen atoms in total. The van der Waals surface area contributed by atoms with Gasteiger partial charge in [0.25, 0.3) is 5.91 Å². The molecule has 2 aromatic rings. The standard InChI is InChI=1S/C16H15Cl2NO4S/c17-12-6-7-14(18)15(10-12)23-11-16(20)19-8-9-24(21,22)13-4-2-1-3-5-13/h1-7,10H,8-9,11H2,(H,19,20). The van der Waals surface area contributed by atoms with Crippen LogP contribution in [0.2, 0.25) is 10.0 Å². The molecule has 1 amide bonds. The number of nitrogens with one attached hydrogen (secondary N) is 1. The molecule has 0 aliphatic carbocycles. The van der Waals surface area contributed by atoms with Crippen molar-refractivity contribution in [3.8, 4) is 5.75 Å². The molecular formula is C16H15Cl2NO4S. The molecule has 0 aliphatic rings. The Morgan fingerprint density at radius 3 is 2.50 bits per heavy atom. The summed E-state index contributed by atoms with van der Waals surface area (Å²) in [6.45, 7) is -0.297. The van der Waals surface area contributed by atoms with E-state index in [4.69, 9.17) is 27.9 Å². The minimum atomic E-state index is -3.43. The van der Waals surface area contributed by atoms with Crippen molar-refractivity contribution in [1.29, 1.82) is 0 Å². The van der Waals surface area contributed by atoms with Crippen LogP contribution in [0.15, 0.2) is 53.4 Å². The molecule has 0 heterocycles. The highest BCUT2D eigenvalue weighted by atomic mass is 35.5. The van der Waals surface area contributed by atoms with Crippen molar-refractivity contribution in [2.24, 2.45) is 0 Å². The summed E-state index contributed by atoms with van der Waals surface area (Å²) in [5.41, 5.74) is 0. The fraction of sp³-hybridized carbons (Fsp3) is 0.188. The van der Waals surface area contributed by atoms with Gasteiger partial charge in [0.2, 0.25) is 0 Å². The molecule has 0 radical (unpaired) electrons. The van der Waals surface area contributed by atoms with E-state index in [-0.39, 0.29) is 29.5 Å². The molecular weight excluding hydrogens is 373 g/mol. The van der Waals surface area contributed by atoms with Crippen LogP contribution >= 0.6 is 23.2 Å². The summed E-state index contributed by atoms with van der Waals surface area (Å²) in [7, 11) is -3.43. The Hall–Kier alpha value is -1.76. The Labute approximate surface area is 150 Å². The van der Waals surface area contributed by atoms with Gasteiger partial charge >= 0.3 is 0 Å². The van der Waals surface area contributed by atoms with Gasteiger partial charge in [-0.1, -0.05) is 41.4 Å². The fourth-order valence-electron chi connectivity index (χ4n) is 1.85. The molecule has 2 rings (SSSR count). The zero-order chi connectivity index (χ0) is 17.6. The molecule has 0 bridgehead atoms. The van der Waals surface area contributed by atoms with E-state index in [0.29, 0.717) is 10.0 Å². The van der Waals surface area contributed by atoms with Crippen LogP contribution in [0.5, 0.6) is 5.75 Å². The van der Waals surface area contributed by atoms with E-state index in [2.05, 4.69) is 5.32 Å². The third-order valence-corrected chi connectivity index (χ3v) is 5.33. The topological polar surface area (TPSA) is 72.5 Å². The molecule has 0 unspecified atom stereocenters. The Bertz CT molecular complexity index is 810. The first kappa shape index (κ1) is 18.6. The summed E-state index contributed by atoms with van der Waals surface area (Å²) in [5, 5.41) is 3.26. The first-order chi connectivity index (χ1) is 11.4. The van der Waals surface area contributed by atoms with Gasteiger partial charge in [0.1, 0.15) is 5.75 Å². The lowest BCUT2D eigenvalue weighted by atomic mass is 10.3. The number of hydrogen-bond donors (Lipinski definition) is 1. The SMILES string of the molecule is O=C(COc1cc(Cl)ccc1Cl)NCCS(=O)(=O)c1ccccc1. The molecule has 0 saturated heterocycles. The first-order valence-electron chi connectivity index (χ1n) is 7.01. The summed E-state index contributed by atoms with van der Waals surface area (Å²) in [6.07, 6.45) is 0. The van der Waals surface area contributed by atoms with Crippen molar-refractivity contribution in [3.05, 3.63) is 58.6 Å². The summed E-state index contributed by atoms with van der Waals surface area (Å²) >= 11 is 11.7. The van der Waals surface area contributed by atoms with Crippen LogP contribution < -0.4 is 10.1 Å². The van der Waals surface area contributed by atoms with Gasteiger partial charge in [-0.25, -0.2) is 8.42 Å². The zero-order valence-electron chi connectivity index (χ0n) is 12.5. The largest absolute Gasteiger partial charge is 0.482 e. The van der Waals surface area contributed by atoms with Gasteiger partial charge in [0.05, 0.1) is 15.7 Å². The minimum Gasteiger partial charge on any atom is -0.482 e. The molecule has 0 atom stereocenters. The average Bonchev–Trinajstić information content (AvgIpc) is 2.56. The van der Waals surface area contributed by atoms with Crippen LogP contribution in [0.25, 0.3) is 0 Å². The Morgan fingerprint density at radius 2 is 1.79 bits per heavy atom. The first-order valence-corrected chi connectivity index (χ1v) is 9.42. The van der Waals surface area contributed by atoms with E-state index in [1.807, 2.05) is 0 Å². The number of hydrogen-bond acceptors (Lipinski definition) is 4. The smallest absolute Gasteiger partial charge is 0.257 e. The molecule has 2 aromatic carbocycles. The van der Waals surface area contributed by atoms with E-state index >= 15 is 0 Å². The van der Waals surface area contributed by atoms with Crippen LogP contribution in [0.3, 0.4) is 0 Å². The van der Waals surface area contributed by atoms with Gasteiger partial charge in [-0.05, 0) is 24.3 Å². The Balaban J connectivity index is 1.80. The van der Waals surface area contributed by atoms with Crippen molar-refractivity contribution in [2.45, 2.75) is 4.90 Å². The van der Waals surface area contributed by atoms with E-state index < -0.39 is 15.7 Å². The number of halogens is 2. The molecule has 0 saturated carbocycles. The number of benzene rings is 2. The summed E-state index contributed by atoms with van der Waals surface area (Å²) in [4.78, 5) is 12.0. The number of carbonyl (C=O) groups excluding carboxylic acids is 1. The zero-order valence-corrected chi connectivity index (χ0v) is 14.9. The van der Waals surface area contributed by atoms with Crippen LogP contribution in [0, 0.1) is 0 Å². The number of ether oxygens (including phenoxy) is 1. The number of amides is 1. The van der Waals surface area contributed by atoms with Crippen molar-refractivity contribution in [2.75, 3.05) is 18.9 Å². The summed E-state index contributed by atoms with van der Waals surface area (Å²) in [6, 6.07) is 12.7. The lowest BCUT2D eigenvalue weighted by molar-refractivity contribution is -0.122. The Kier molecular flexibility index (Phi) is 6.48. The van der Waals surface area contributed by atoms with Gasteiger partial charge in [-0.3, -0.25) is 4.79 Å². The van der Waals surface area contributed by atoms with Crippen molar-refractivity contribution in [3.63, 3.8) is 0 Å². The van der Waals surface area contributed by atoms with Gasteiger partial charge in [0, 0.05) is 17.6 Å². The van der Waals surface area contributed by atoms with Crippen molar-refractivity contribution >= 4 is 38.9 Å². The molecule has 0 fully saturated rings. The Morgan fingerprint density at radius 1 is 1.08 bits per heavy atom. The number of sulfone groups is 1. The van der Waals surface area contributed by atoms with Crippen LogP contribution in [-0.4, -0.2) is 33.2 Å². The molecule has 1 N–H and O–H groups in total. The molecule has 0 aromatic heterocycles. The monoisotopic (exact) mass is 387 g/mol. The molecule has 128 valence electrons. The lowest BCUT2D eigenvalue weighted by Gasteiger charge is -2.09. The van der Waals surface area contributed by atoms with E-state index in [1.165, 1.54) is 18.2 Å². The van der Waals surface area contributed by atoms with Gasteiger partial charge in [0.15, 0.2) is 16.4 Å². The lowest BCUT2D eigenvalue weighted by Crippen LogP contribution is -2.32. The highest BCUT2D eigenvalue weighted by Crippen LogP contribution is 2.27. The van der Waals surface area contributed by atoms with Crippen molar-refractivity contribution in [1.82, 2.24) is 5.32 Å². The second-order valence-electron chi connectivity index (χ2n) is 4.85. The average molecular weight is 388 g/mol. The van der Waals surface area contributed by atoms with Crippen LogP contribution in [-0.2, 0) is 14.6 Å². The predicted octanol–water partition coefficient (Wildman–Crippen LogP) is 2.96. The van der Waals surface area contributed by atoms with Gasteiger partial charge in [-0.15, -0.1) is 0 Å². The number of carbonyl (C=O) groups is 1. The molecule has 0 spiro atoms. The van der Waals surface area contributed by atoms with Crippen LogP contribution in [0.4, 0.5) is 0 Å².